The fourth-order valence-electron chi connectivity index (χ4n) is 3.43. The summed E-state index contributed by atoms with van der Waals surface area (Å²) in [6, 6.07) is 10.5. The van der Waals surface area contributed by atoms with Gasteiger partial charge >= 0.3 is 0 Å². The lowest BCUT2D eigenvalue weighted by Crippen LogP contribution is -2.38. The van der Waals surface area contributed by atoms with E-state index in [0.29, 0.717) is 40.7 Å². The zero-order chi connectivity index (χ0) is 20.6. The molecule has 2 N–H and O–H groups in total. The number of aromatic nitrogens is 3. The number of hydrogen-bond acceptors (Lipinski definition) is 4. The molecule has 1 fully saturated rings. The largest absolute Gasteiger partial charge is 0.393 e. The van der Waals surface area contributed by atoms with Crippen LogP contribution in [0.25, 0.3) is 22.2 Å². The second kappa shape index (κ2) is 6.88. The highest BCUT2D eigenvalue weighted by Gasteiger charge is 2.21. The highest BCUT2D eigenvalue weighted by atomic mass is 16.3. The predicted octanol–water partition coefficient (Wildman–Crippen LogP) is 2.67. The number of carbonyl (C=O) groups excluding carboxylic acids is 1. The van der Waals surface area contributed by atoms with Gasteiger partial charge in [-0.1, -0.05) is 18.2 Å². The van der Waals surface area contributed by atoms with E-state index in [0.717, 1.165) is 17.5 Å². The summed E-state index contributed by atoms with van der Waals surface area (Å²) in [6.45, 7) is -2.39. The van der Waals surface area contributed by atoms with Crippen LogP contribution in [0.5, 0.6) is 0 Å². The molecular formula is C20H22N4O2. The molecule has 0 atom stereocenters. The maximum atomic E-state index is 12.5. The van der Waals surface area contributed by atoms with Gasteiger partial charge in [-0.05, 0) is 43.9 Å². The lowest BCUT2D eigenvalue weighted by molar-refractivity contribution is 0.0863. The van der Waals surface area contributed by atoms with E-state index >= 15 is 0 Å². The molecule has 0 saturated heterocycles. The fraction of sp³-hybridized carbons (Fsp3) is 0.350. The van der Waals surface area contributed by atoms with Gasteiger partial charge in [0.2, 0.25) is 0 Å². The van der Waals surface area contributed by atoms with Crippen LogP contribution in [0.1, 0.15) is 40.3 Å². The quantitative estimate of drug-likeness (QED) is 0.759. The van der Waals surface area contributed by atoms with E-state index in [1.54, 1.807) is 24.3 Å². The van der Waals surface area contributed by atoms with Gasteiger partial charge in [0.25, 0.3) is 5.91 Å². The first-order chi connectivity index (χ1) is 13.8. The standard InChI is InChI=1S/C20H22N4O2/c1-24-18-5-3-2-4-16(18)19(23-24)13-6-11-17(21-12-13)20(26)22-14-7-9-15(25)10-8-14/h2-6,11-12,14-15,25H,7-10H2,1H3,(H,22,26)/i1D3. The maximum Gasteiger partial charge on any atom is 0.270 e. The van der Waals surface area contributed by atoms with Crippen LogP contribution in [-0.4, -0.2) is 37.9 Å². The van der Waals surface area contributed by atoms with Crippen LogP contribution in [0.4, 0.5) is 0 Å². The highest BCUT2D eigenvalue weighted by Crippen LogP contribution is 2.27. The molecule has 1 aliphatic carbocycles. The van der Waals surface area contributed by atoms with Crippen molar-refractivity contribution < 1.29 is 14.0 Å². The molecule has 1 amide bonds. The van der Waals surface area contributed by atoms with Gasteiger partial charge in [0.05, 0.1) is 11.6 Å². The number of carbonyl (C=O) groups is 1. The number of aliphatic hydroxyl groups excluding tert-OH is 1. The molecule has 1 saturated carbocycles. The van der Waals surface area contributed by atoms with Gasteiger partial charge in [-0.25, -0.2) is 0 Å². The molecule has 4 rings (SSSR count). The SMILES string of the molecule is [2H]C([2H])([2H])n1nc(-c2ccc(C(=O)NC3CCC(O)CC3)nc2)c2ccccc21. The van der Waals surface area contributed by atoms with Crippen LogP contribution in [0.2, 0.25) is 0 Å². The predicted molar refractivity (Wildman–Crippen MR) is 99.7 cm³/mol. The zero-order valence-electron chi connectivity index (χ0n) is 17.2. The van der Waals surface area contributed by atoms with Crippen molar-refractivity contribution in [1.29, 1.82) is 0 Å². The highest BCUT2D eigenvalue weighted by molar-refractivity contribution is 5.95. The summed E-state index contributed by atoms with van der Waals surface area (Å²) in [7, 11) is 0. The van der Waals surface area contributed by atoms with Gasteiger partial charge in [0.15, 0.2) is 0 Å². The van der Waals surface area contributed by atoms with Crippen molar-refractivity contribution in [2.24, 2.45) is 6.98 Å². The van der Waals surface area contributed by atoms with Crippen LogP contribution in [-0.2, 0) is 6.98 Å². The van der Waals surface area contributed by atoms with Crippen LogP contribution < -0.4 is 5.32 Å². The molecule has 0 aliphatic heterocycles. The second-order valence-electron chi connectivity index (χ2n) is 6.69. The molecule has 1 aliphatic rings. The number of hydrogen-bond donors (Lipinski definition) is 2. The second-order valence-corrected chi connectivity index (χ2v) is 6.69. The van der Waals surface area contributed by atoms with E-state index in [1.807, 2.05) is 12.1 Å². The first kappa shape index (κ1) is 13.5. The van der Waals surface area contributed by atoms with E-state index in [4.69, 9.17) is 4.11 Å². The number of rotatable bonds is 3. The number of amides is 1. The number of aryl methyl sites for hydroxylation is 1. The third kappa shape index (κ3) is 3.20. The molecule has 26 heavy (non-hydrogen) atoms. The molecule has 6 nitrogen and oxygen atoms in total. The third-order valence-electron chi connectivity index (χ3n) is 4.89. The first-order valence-corrected chi connectivity index (χ1v) is 8.76. The van der Waals surface area contributed by atoms with Gasteiger partial charge in [0.1, 0.15) is 11.4 Å². The van der Waals surface area contributed by atoms with Crippen molar-refractivity contribution in [3.63, 3.8) is 0 Å². The van der Waals surface area contributed by atoms with E-state index in [1.165, 1.54) is 6.20 Å². The molecule has 6 heteroatoms. The van der Waals surface area contributed by atoms with Crippen LogP contribution >= 0.6 is 0 Å². The number of para-hydroxylation sites is 1. The Morgan fingerprint density at radius 1 is 1.23 bits per heavy atom. The van der Waals surface area contributed by atoms with Crippen molar-refractivity contribution in [1.82, 2.24) is 20.1 Å². The topological polar surface area (TPSA) is 80.0 Å². The number of benzene rings is 1. The average molecular weight is 353 g/mol. The summed E-state index contributed by atoms with van der Waals surface area (Å²) in [5.41, 5.74) is 1.96. The minimum Gasteiger partial charge on any atom is -0.393 e. The number of nitrogens with zero attached hydrogens (tertiary/aromatic N) is 3. The van der Waals surface area contributed by atoms with Gasteiger partial charge < -0.3 is 10.4 Å². The molecule has 0 spiro atoms. The molecule has 134 valence electrons. The Morgan fingerprint density at radius 2 is 2.04 bits per heavy atom. The van der Waals surface area contributed by atoms with Crippen molar-refractivity contribution in [3.05, 3.63) is 48.3 Å². The maximum absolute atomic E-state index is 12.5. The molecule has 1 aromatic carbocycles. The molecule has 3 aromatic rings. The van der Waals surface area contributed by atoms with Crippen LogP contribution in [0.3, 0.4) is 0 Å². The normalized spacial score (nSPS) is 22.4. The Kier molecular flexibility index (Phi) is 3.56. The lowest BCUT2D eigenvalue weighted by Gasteiger charge is -2.26. The summed E-state index contributed by atoms with van der Waals surface area (Å²) < 4.78 is 24.2. The molecule has 2 aromatic heterocycles. The van der Waals surface area contributed by atoms with Crippen LogP contribution in [0.15, 0.2) is 42.6 Å². The molecule has 0 unspecified atom stereocenters. The smallest absolute Gasteiger partial charge is 0.270 e. The fourth-order valence-corrected chi connectivity index (χ4v) is 3.43. The van der Waals surface area contributed by atoms with Gasteiger partial charge in [-0.15, -0.1) is 0 Å². The van der Waals surface area contributed by atoms with E-state index in [9.17, 15) is 9.90 Å². The summed E-state index contributed by atoms with van der Waals surface area (Å²) in [5, 5.41) is 17.5. The number of fused-ring (bicyclic) bond motifs is 1. The molecule has 2 heterocycles. The average Bonchev–Trinajstić information content (AvgIpc) is 3.10. The summed E-state index contributed by atoms with van der Waals surface area (Å²) in [4.78, 5) is 16.7. The van der Waals surface area contributed by atoms with Gasteiger partial charge in [0, 0.05) is 34.3 Å². The van der Waals surface area contributed by atoms with Crippen molar-refractivity contribution in [2.45, 2.75) is 37.8 Å². The monoisotopic (exact) mass is 353 g/mol. The number of pyridine rings is 1. The van der Waals surface area contributed by atoms with E-state index in [-0.39, 0.29) is 18.1 Å². The Hall–Kier alpha value is -2.73. The van der Waals surface area contributed by atoms with Crippen molar-refractivity contribution in [2.75, 3.05) is 0 Å². The molecular weight excluding hydrogens is 328 g/mol. The number of aliphatic hydroxyl groups is 1. The Bertz CT molecular complexity index is 1020. The third-order valence-corrected chi connectivity index (χ3v) is 4.89. The summed E-state index contributed by atoms with van der Waals surface area (Å²) in [6.07, 6.45) is 4.16. The van der Waals surface area contributed by atoms with Crippen molar-refractivity contribution in [3.8, 4) is 11.3 Å². The molecule has 0 radical (unpaired) electrons. The summed E-state index contributed by atoms with van der Waals surface area (Å²) in [5.74, 6) is -0.254. The number of nitrogens with one attached hydrogen (secondary N) is 1. The zero-order valence-corrected chi connectivity index (χ0v) is 14.2. The minimum absolute atomic E-state index is 0.0475. The van der Waals surface area contributed by atoms with Gasteiger partial charge in [-0.3, -0.25) is 14.5 Å². The van der Waals surface area contributed by atoms with E-state index in [2.05, 4.69) is 15.4 Å². The Labute approximate surface area is 156 Å². The first-order valence-electron chi connectivity index (χ1n) is 10.3. The van der Waals surface area contributed by atoms with Gasteiger partial charge in [-0.2, -0.15) is 5.10 Å². The minimum atomic E-state index is -2.39. The lowest BCUT2D eigenvalue weighted by atomic mass is 9.93. The van der Waals surface area contributed by atoms with Crippen LogP contribution in [0, 0.1) is 0 Å². The Balaban J connectivity index is 1.58. The Morgan fingerprint density at radius 3 is 2.77 bits per heavy atom. The summed E-state index contributed by atoms with van der Waals surface area (Å²) >= 11 is 0. The molecule has 0 bridgehead atoms. The van der Waals surface area contributed by atoms with Crippen molar-refractivity contribution >= 4 is 16.8 Å². The van der Waals surface area contributed by atoms with E-state index < -0.39 is 6.98 Å².